The van der Waals surface area contributed by atoms with Crippen molar-refractivity contribution < 1.29 is 17.3 Å². The number of hydrogen-bond donors (Lipinski definition) is 0. The summed E-state index contributed by atoms with van der Waals surface area (Å²) >= 11 is 1.82. The third-order valence-corrected chi connectivity index (χ3v) is 1.82. The van der Waals surface area contributed by atoms with E-state index < -0.39 is 0 Å². The molecule has 0 aromatic heterocycles. The van der Waals surface area contributed by atoms with E-state index in [0.29, 0.717) is 0 Å². The molecule has 0 amide bonds. The molecule has 2 heteroatoms. The average Bonchev–Trinajstić information content (AvgIpc) is 2.62. The molecular weight excluding hydrogens is 353 g/mol. The summed E-state index contributed by atoms with van der Waals surface area (Å²) in [4.78, 5) is 0. The second-order valence-corrected chi connectivity index (χ2v) is 3.23. The molecule has 0 saturated carbocycles. The van der Waals surface area contributed by atoms with E-state index in [0.717, 1.165) is 0 Å². The zero-order valence-electron chi connectivity index (χ0n) is 10.9. The fourth-order valence-corrected chi connectivity index (χ4v) is 1.03. The van der Waals surface area contributed by atoms with Gasteiger partial charge in [0, 0.05) is 0 Å². The molecule has 3 rings (SSSR count). The molecule has 102 valence electrons. The van der Waals surface area contributed by atoms with Gasteiger partial charge in [-0.3, -0.25) is 0 Å². The molecule has 0 aliphatic heterocycles. The van der Waals surface area contributed by atoms with Crippen LogP contribution in [-0.2, 0) is 17.3 Å². The second kappa shape index (κ2) is 17.6. The normalized spacial score (nSPS) is 7.45. The van der Waals surface area contributed by atoms with Crippen LogP contribution >= 0.6 is 9.69 Å². The minimum absolute atomic E-state index is 1.82. The van der Waals surface area contributed by atoms with Gasteiger partial charge in [-0.15, -0.1) is 0 Å². The van der Waals surface area contributed by atoms with E-state index in [4.69, 9.17) is 0 Å². The number of rotatable bonds is 0. The molecular formula is C18H15ClRu. The van der Waals surface area contributed by atoms with Gasteiger partial charge >= 0.3 is 27.0 Å². The summed E-state index contributed by atoms with van der Waals surface area (Å²) in [5, 5.41) is 0. The fourth-order valence-electron chi connectivity index (χ4n) is 1.03. The van der Waals surface area contributed by atoms with Gasteiger partial charge in [-0.05, 0) is 0 Å². The van der Waals surface area contributed by atoms with Gasteiger partial charge in [0.1, 0.15) is 0 Å². The van der Waals surface area contributed by atoms with Crippen molar-refractivity contribution in [2.45, 2.75) is 0 Å². The van der Waals surface area contributed by atoms with Crippen molar-refractivity contribution in [3.63, 3.8) is 0 Å². The van der Waals surface area contributed by atoms with E-state index in [1.165, 1.54) is 0 Å². The fraction of sp³-hybridized carbons (Fsp3) is 0. The first-order valence-electron chi connectivity index (χ1n) is 5.87. The third-order valence-electron chi connectivity index (χ3n) is 1.82. The van der Waals surface area contributed by atoms with E-state index >= 15 is 0 Å². The van der Waals surface area contributed by atoms with Gasteiger partial charge in [-0.1, -0.05) is 0 Å². The maximum atomic E-state index is 4.57. The van der Waals surface area contributed by atoms with E-state index in [-0.39, 0.29) is 0 Å². The first kappa shape index (κ1) is 18.6. The second-order valence-electron chi connectivity index (χ2n) is 3.23. The topological polar surface area (TPSA) is 0 Å². The van der Waals surface area contributed by atoms with Crippen molar-refractivity contribution in [2.24, 2.45) is 0 Å². The predicted molar refractivity (Wildman–Crippen MR) is 81.7 cm³/mol. The van der Waals surface area contributed by atoms with Crippen LogP contribution in [-0.4, -0.2) is 0 Å². The van der Waals surface area contributed by atoms with Gasteiger partial charge in [-0.25, -0.2) is 0 Å². The van der Waals surface area contributed by atoms with E-state index in [2.05, 4.69) is 27.9 Å². The number of hydrogen-bond acceptors (Lipinski definition) is 0. The molecule has 0 fully saturated rings. The van der Waals surface area contributed by atoms with Gasteiger partial charge in [0.05, 0.1) is 0 Å². The first-order valence-corrected chi connectivity index (χ1v) is 8.10. The molecule has 0 aliphatic carbocycles. The summed E-state index contributed by atoms with van der Waals surface area (Å²) in [6.45, 7) is 0. The summed E-state index contributed by atoms with van der Waals surface area (Å²) in [7, 11) is 4.57. The minimum Gasteiger partial charge on any atom is -0.184 e. The molecule has 0 radical (unpaired) electrons. The van der Waals surface area contributed by atoms with Crippen LogP contribution < -0.4 is 0 Å². The third kappa shape index (κ3) is 14.6. The Labute approximate surface area is 136 Å². The summed E-state index contributed by atoms with van der Waals surface area (Å²) in [6.07, 6.45) is 0. The Balaban J connectivity index is 0.000000255. The Morgan fingerprint density at radius 3 is 0.650 bits per heavy atom. The molecule has 0 bridgehead atoms. The van der Waals surface area contributed by atoms with Crippen LogP contribution in [0.5, 0.6) is 0 Å². The van der Waals surface area contributed by atoms with Gasteiger partial charge in [0.15, 0.2) is 0 Å². The SMILES string of the molecule is [Cl][Ru+3].[c-]1ccccc1.[c-]1ccccc1.[c-]1ccccc1. The molecule has 0 spiro atoms. The zero-order valence-corrected chi connectivity index (χ0v) is 13.4. The van der Waals surface area contributed by atoms with Crippen LogP contribution in [0.3, 0.4) is 0 Å². The summed E-state index contributed by atoms with van der Waals surface area (Å²) in [5.74, 6) is 0. The average molecular weight is 368 g/mol. The van der Waals surface area contributed by atoms with Crippen LogP contribution in [0.15, 0.2) is 91.0 Å². The zero-order chi connectivity index (χ0) is 14.7. The standard InChI is InChI=1S/3C6H5.ClH.Ru/c3*1-2-4-6-5-3-1;;/h3*1-5H;1H;/q3*-1;;+4/p-1. The summed E-state index contributed by atoms with van der Waals surface area (Å²) in [6, 6.07) is 37.5. The van der Waals surface area contributed by atoms with Crippen LogP contribution in [0.25, 0.3) is 0 Å². The van der Waals surface area contributed by atoms with E-state index in [9.17, 15) is 0 Å². The van der Waals surface area contributed by atoms with Gasteiger partial charge in [0.2, 0.25) is 0 Å². The van der Waals surface area contributed by atoms with Crippen LogP contribution in [0, 0.1) is 18.2 Å². The Hall–Kier alpha value is -1.43. The predicted octanol–water partition coefficient (Wildman–Crippen LogP) is 5.15. The van der Waals surface area contributed by atoms with Gasteiger partial charge < -0.3 is 0 Å². The Bertz CT molecular complexity index is 302. The van der Waals surface area contributed by atoms with Crippen LogP contribution in [0.4, 0.5) is 0 Å². The maximum absolute atomic E-state index is 4.57. The molecule has 3 aromatic rings. The summed E-state index contributed by atoms with van der Waals surface area (Å²) in [5.41, 5.74) is 0. The van der Waals surface area contributed by atoms with Gasteiger partial charge in [-0.2, -0.15) is 109 Å². The molecule has 0 N–H and O–H groups in total. The number of halogens is 1. The summed E-state index contributed by atoms with van der Waals surface area (Å²) < 4.78 is 0. The molecule has 20 heavy (non-hydrogen) atoms. The van der Waals surface area contributed by atoms with Crippen molar-refractivity contribution in [2.75, 3.05) is 0 Å². The number of benzene rings is 3. The first-order chi connectivity index (χ1) is 10.0. The maximum Gasteiger partial charge on any atom is -0.171 e. The Morgan fingerprint density at radius 1 is 0.400 bits per heavy atom. The Kier molecular flexibility index (Phi) is 16.3. The van der Waals surface area contributed by atoms with E-state index in [1.807, 2.05) is 108 Å². The van der Waals surface area contributed by atoms with Crippen LogP contribution in [0.1, 0.15) is 0 Å². The molecule has 0 nitrogen and oxygen atoms in total. The minimum atomic E-state index is 1.82. The molecule has 0 saturated heterocycles. The molecule has 0 unspecified atom stereocenters. The van der Waals surface area contributed by atoms with E-state index in [1.54, 1.807) is 0 Å². The smallest absolute Gasteiger partial charge is 0.171 e. The van der Waals surface area contributed by atoms with Crippen molar-refractivity contribution in [3.8, 4) is 0 Å². The van der Waals surface area contributed by atoms with Crippen molar-refractivity contribution in [3.05, 3.63) is 109 Å². The monoisotopic (exact) mass is 368 g/mol. The Morgan fingerprint density at radius 2 is 0.600 bits per heavy atom. The molecule has 0 heterocycles. The van der Waals surface area contributed by atoms with Crippen molar-refractivity contribution >= 4 is 9.69 Å². The van der Waals surface area contributed by atoms with Crippen LogP contribution in [0.2, 0.25) is 0 Å². The van der Waals surface area contributed by atoms with Crippen molar-refractivity contribution in [1.29, 1.82) is 0 Å². The molecule has 0 aliphatic rings. The van der Waals surface area contributed by atoms with Crippen molar-refractivity contribution in [1.82, 2.24) is 0 Å². The largest absolute Gasteiger partial charge is 0.184 e. The molecule has 0 atom stereocenters. The molecule has 3 aromatic carbocycles. The van der Waals surface area contributed by atoms with Gasteiger partial charge in [0.25, 0.3) is 0 Å². The quantitative estimate of drug-likeness (QED) is 0.381.